The molecule has 0 aliphatic heterocycles. The molecule has 0 unspecified atom stereocenters. The number of aryl methyl sites for hydroxylation is 2. The van der Waals surface area contributed by atoms with Gasteiger partial charge in [-0.3, -0.25) is 5.10 Å². The standard InChI is InChI=1S/C24H43N5S2/c1-3-5-7-9-11-12-14-16-18-20-22-26-28-24(31-22)29-21(25-27-23(29)30)19-17-15-13-10-8-6-4-2/h3-20H2,1-2H3,(H,27,30). The molecule has 0 fully saturated rings. The molecule has 0 aliphatic rings. The predicted molar refractivity (Wildman–Crippen MR) is 135 cm³/mol. The second-order valence-electron chi connectivity index (χ2n) is 8.71. The van der Waals surface area contributed by atoms with E-state index in [2.05, 4.69) is 34.2 Å². The molecule has 2 aromatic heterocycles. The smallest absolute Gasteiger partial charge is 0.220 e. The van der Waals surface area contributed by atoms with Crippen LogP contribution in [-0.2, 0) is 12.8 Å². The SMILES string of the molecule is CCCCCCCCCCCc1nnc(-n2c(CCCCCCCCC)n[nH]c2=S)s1. The predicted octanol–water partition coefficient (Wildman–Crippen LogP) is 8.15. The zero-order chi connectivity index (χ0) is 22.2. The Morgan fingerprint density at radius 3 is 1.81 bits per heavy atom. The van der Waals surface area contributed by atoms with Crippen molar-refractivity contribution in [1.29, 1.82) is 0 Å². The minimum absolute atomic E-state index is 0.628. The highest BCUT2D eigenvalue weighted by molar-refractivity contribution is 7.71. The number of hydrogen-bond donors (Lipinski definition) is 1. The van der Waals surface area contributed by atoms with Crippen LogP contribution in [0.5, 0.6) is 0 Å². The average molecular weight is 466 g/mol. The number of aromatic amines is 1. The van der Waals surface area contributed by atoms with Crippen LogP contribution < -0.4 is 0 Å². The summed E-state index contributed by atoms with van der Waals surface area (Å²) in [6.45, 7) is 4.54. The van der Waals surface area contributed by atoms with Crippen LogP contribution in [0.25, 0.3) is 5.13 Å². The second kappa shape index (κ2) is 16.5. The molecule has 0 radical (unpaired) electrons. The van der Waals surface area contributed by atoms with Gasteiger partial charge in [0.1, 0.15) is 10.8 Å². The van der Waals surface area contributed by atoms with E-state index in [1.807, 2.05) is 4.57 Å². The van der Waals surface area contributed by atoms with E-state index in [4.69, 9.17) is 12.2 Å². The molecule has 0 bridgehead atoms. The topological polar surface area (TPSA) is 59.4 Å². The summed E-state index contributed by atoms with van der Waals surface area (Å²) in [5.41, 5.74) is 0. The maximum atomic E-state index is 5.47. The minimum atomic E-state index is 0.628. The summed E-state index contributed by atoms with van der Waals surface area (Å²) < 4.78 is 2.62. The molecule has 0 saturated carbocycles. The molecule has 0 aliphatic carbocycles. The van der Waals surface area contributed by atoms with Crippen LogP contribution >= 0.6 is 23.6 Å². The van der Waals surface area contributed by atoms with Crippen LogP contribution in [0.1, 0.15) is 127 Å². The number of unbranched alkanes of at least 4 members (excludes halogenated alkanes) is 14. The van der Waals surface area contributed by atoms with Crippen LogP contribution in [0.3, 0.4) is 0 Å². The van der Waals surface area contributed by atoms with Crippen molar-refractivity contribution < 1.29 is 0 Å². The molecular weight excluding hydrogens is 422 g/mol. The Morgan fingerprint density at radius 2 is 1.23 bits per heavy atom. The first-order chi connectivity index (χ1) is 15.3. The van der Waals surface area contributed by atoms with E-state index >= 15 is 0 Å². The Balaban J connectivity index is 1.69. The van der Waals surface area contributed by atoms with Crippen molar-refractivity contribution in [2.24, 2.45) is 0 Å². The van der Waals surface area contributed by atoms with Gasteiger partial charge in [-0.15, -0.1) is 10.2 Å². The number of hydrogen-bond acceptors (Lipinski definition) is 5. The van der Waals surface area contributed by atoms with Crippen molar-refractivity contribution >= 4 is 23.6 Å². The second-order valence-corrected chi connectivity index (χ2v) is 10.1. The van der Waals surface area contributed by atoms with Crippen LogP contribution in [0.2, 0.25) is 0 Å². The molecular formula is C24H43N5S2. The molecule has 7 heteroatoms. The van der Waals surface area contributed by atoms with E-state index in [0.29, 0.717) is 4.77 Å². The van der Waals surface area contributed by atoms with Crippen LogP contribution in [0.4, 0.5) is 0 Å². The Kier molecular flexibility index (Phi) is 14.0. The molecule has 0 amide bonds. The van der Waals surface area contributed by atoms with Crippen molar-refractivity contribution in [2.75, 3.05) is 0 Å². The number of rotatable bonds is 19. The van der Waals surface area contributed by atoms with Gasteiger partial charge in [0, 0.05) is 12.8 Å². The van der Waals surface area contributed by atoms with Gasteiger partial charge in [0.05, 0.1) is 0 Å². The zero-order valence-corrected chi connectivity index (χ0v) is 21.5. The van der Waals surface area contributed by atoms with E-state index in [9.17, 15) is 0 Å². The summed E-state index contributed by atoms with van der Waals surface area (Å²) in [5.74, 6) is 0.990. The average Bonchev–Trinajstić information content (AvgIpc) is 3.38. The third kappa shape index (κ3) is 10.4. The molecule has 2 aromatic rings. The largest absolute Gasteiger partial charge is 0.251 e. The number of H-pyrrole nitrogens is 1. The number of nitrogens with zero attached hydrogens (tertiary/aromatic N) is 4. The van der Waals surface area contributed by atoms with Crippen LogP contribution in [-0.4, -0.2) is 25.0 Å². The first kappa shape index (κ1) is 26.2. The summed E-state index contributed by atoms with van der Waals surface area (Å²) in [4.78, 5) is 0. The summed E-state index contributed by atoms with van der Waals surface area (Å²) >= 11 is 7.13. The molecule has 0 saturated heterocycles. The zero-order valence-electron chi connectivity index (χ0n) is 19.8. The summed E-state index contributed by atoms with van der Waals surface area (Å²) in [6.07, 6.45) is 23.2. The fourth-order valence-electron chi connectivity index (χ4n) is 3.96. The normalized spacial score (nSPS) is 11.4. The monoisotopic (exact) mass is 465 g/mol. The lowest BCUT2D eigenvalue weighted by atomic mass is 10.1. The number of aromatic nitrogens is 5. The molecule has 0 spiro atoms. The van der Waals surface area contributed by atoms with Gasteiger partial charge in [0.15, 0.2) is 0 Å². The van der Waals surface area contributed by atoms with Gasteiger partial charge < -0.3 is 0 Å². The van der Waals surface area contributed by atoms with Crippen molar-refractivity contribution in [3.63, 3.8) is 0 Å². The van der Waals surface area contributed by atoms with Gasteiger partial charge >= 0.3 is 0 Å². The van der Waals surface area contributed by atoms with Gasteiger partial charge in [0.25, 0.3) is 0 Å². The maximum absolute atomic E-state index is 5.47. The molecule has 1 N–H and O–H groups in total. The van der Waals surface area contributed by atoms with Crippen LogP contribution in [0, 0.1) is 4.77 Å². The lowest BCUT2D eigenvalue weighted by Gasteiger charge is -2.03. The summed E-state index contributed by atoms with van der Waals surface area (Å²) in [5, 5.41) is 18.2. The molecule has 0 atom stereocenters. The molecule has 31 heavy (non-hydrogen) atoms. The highest BCUT2D eigenvalue weighted by Gasteiger charge is 2.13. The minimum Gasteiger partial charge on any atom is -0.251 e. The first-order valence-corrected chi connectivity index (χ1v) is 14.0. The molecule has 5 nitrogen and oxygen atoms in total. The van der Waals surface area contributed by atoms with Crippen molar-refractivity contribution in [2.45, 2.75) is 129 Å². The quantitative estimate of drug-likeness (QED) is 0.168. The maximum Gasteiger partial charge on any atom is 0.220 e. The van der Waals surface area contributed by atoms with Gasteiger partial charge in [-0.1, -0.05) is 115 Å². The molecule has 2 heterocycles. The molecule has 0 aromatic carbocycles. The van der Waals surface area contributed by atoms with Gasteiger partial charge in [-0.05, 0) is 25.1 Å². The van der Waals surface area contributed by atoms with E-state index in [-0.39, 0.29) is 0 Å². The first-order valence-electron chi connectivity index (χ1n) is 12.7. The van der Waals surface area contributed by atoms with E-state index in [0.717, 1.165) is 35.2 Å². The van der Waals surface area contributed by atoms with E-state index < -0.39 is 0 Å². The van der Waals surface area contributed by atoms with Crippen LogP contribution in [0.15, 0.2) is 0 Å². The Hall–Kier alpha value is -1.08. The number of nitrogens with one attached hydrogen (secondary N) is 1. The fourth-order valence-corrected chi connectivity index (χ4v) is 5.16. The van der Waals surface area contributed by atoms with Crippen molar-refractivity contribution in [3.05, 3.63) is 15.6 Å². The van der Waals surface area contributed by atoms with Gasteiger partial charge in [-0.2, -0.15) is 5.10 Å². The highest BCUT2D eigenvalue weighted by atomic mass is 32.1. The summed E-state index contributed by atoms with van der Waals surface area (Å²) in [6, 6.07) is 0. The Bertz CT molecular complexity index is 749. The lowest BCUT2D eigenvalue weighted by molar-refractivity contribution is 0.564. The third-order valence-electron chi connectivity index (χ3n) is 5.89. The lowest BCUT2D eigenvalue weighted by Crippen LogP contribution is -2.01. The van der Waals surface area contributed by atoms with Crippen molar-refractivity contribution in [1.82, 2.24) is 25.0 Å². The molecule has 176 valence electrons. The summed E-state index contributed by atoms with van der Waals surface area (Å²) in [7, 11) is 0. The fraction of sp³-hybridized carbons (Fsp3) is 0.833. The highest BCUT2D eigenvalue weighted by Crippen LogP contribution is 2.20. The third-order valence-corrected chi connectivity index (χ3v) is 7.13. The molecule has 2 rings (SSSR count). The van der Waals surface area contributed by atoms with Gasteiger partial charge in [0.2, 0.25) is 9.90 Å². The van der Waals surface area contributed by atoms with E-state index in [1.54, 1.807) is 11.3 Å². The van der Waals surface area contributed by atoms with E-state index in [1.165, 1.54) is 96.3 Å². The van der Waals surface area contributed by atoms with Gasteiger partial charge in [-0.25, -0.2) is 4.57 Å². The van der Waals surface area contributed by atoms with Crippen molar-refractivity contribution in [3.8, 4) is 5.13 Å². The Morgan fingerprint density at radius 1 is 0.710 bits per heavy atom. The Labute approximate surface area is 198 Å².